The molecule has 1 aromatic heterocycles. The Bertz CT molecular complexity index is 1460. The number of halogens is 3. The molecule has 3 aromatic rings. The van der Waals surface area contributed by atoms with Crippen LogP contribution in [0.1, 0.15) is 52.9 Å². The highest BCUT2D eigenvalue weighted by atomic mass is 32.1. The van der Waals surface area contributed by atoms with Gasteiger partial charge in [0.05, 0.1) is 17.7 Å². The number of ether oxygens (including phenoxy) is 2. The quantitative estimate of drug-likeness (QED) is 0.386. The molecule has 2 aromatic carbocycles. The van der Waals surface area contributed by atoms with Crippen LogP contribution in [0.25, 0.3) is 0 Å². The van der Waals surface area contributed by atoms with Crippen molar-refractivity contribution in [2.45, 2.75) is 44.6 Å². The highest BCUT2D eigenvalue weighted by Crippen LogP contribution is 2.41. The van der Waals surface area contributed by atoms with Gasteiger partial charge in [-0.2, -0.15) is 13.2 Å². The highest BCUT2D eigenvalue weighted by Gasteiger charge is 2.45. The van der Waals surface area contributed by atoms with E-state index in [1.807, 2.05) is 24.3 Å². The molecule has 1 saturated heterocycles. The molecule has 2 unspecified atom stereocenters. The van der Waals surface area contributed by atoms with Crippen LogP contribution >= 0.6 is 11.3 Å². The molecule has 7 nitrogen and oxygen atoms in total. The predicted octanol–water partition coefficient (Wildman–Crippen LogP) is 5.31. The SMILES string of the molecule is C#Cc1nc(C(=O)N(c2cc(OC(C)C)cc(C(F)(F)F)c2)C2CCN(C3COc4ccccc43)C2=O)cs1. The summed E-state index contributed by atoms with van der Waals surface area (Å²) in [5.41, 5.74) is -0.341. The Labute approximate surface area is 227 Å². The molecule has 2 amide bonds. The Kier molecular flexibility index (Phi) is 6.99. The number of alkyl halides is 3. The fraction of sp³-hybridized carbons (Fsp3) is 0.321. The van der Waals surface area contributed by atoms with Crippen LogP contribution in [0.4, 0.5) is 18.9 Å². The summed E-state index contributed by atoms with van der Waals surface area (Å²) >= 11 is 1.05. The van der Waals surface area contributed by atoms with Crippen LogP contribution in [-0.4, -0.2) is 47.0 Å². The summed E-state index contributed by atoms with van der Waals surface area (Å²) in [5.74, 6) is 1.82. The summed E-state index contributed by atoms with van der Waals surface area (Å²) < 4.78 is 53.0. The van der Waals surface area contributed by atoms with Gasteiger partial charge in [0.2, 0.25) is 5.91 Å². The molecule has 2 aliphatic rings. The van der Waals surface area contributed by atoms with Crippen LogP contribution in [0.5, 0.6) is 11.5 Å². The largest absolute Gasteiger partial charge is 0.491 e. The zero-order valence-electron chi connectivity index (χ0n) is 21.1. The molecule has 3 heterocycles. The molecule has 2 atom stereocenters. The number of rotatable bonds is 6. The number of hydrogen-bond donors (Lipinski definition) is 0. The van der Waals surface area contributed by atoms with Crippen LogP contribution in [-0.2, 0) is 11.0 Å². The number of anilines is 1. The number of fused-ring (bicyclic) bond motifs is 1. The fourth-order valence-corrected chi connectivity index (χ4v) is 5.46. The topological polar surface area (TPSA) is 72.0 Å². The van der Waals surface area contributed by atoms with E-state index >= 15 is 0 Å². The van der Waals surface area contributed by atoms with Gasteiger partial charge in [-0.15, -0.1) is 17.8 Å². The van der Waals surface area contributed by atoms with Gasteiger partial charge in [-0.05, 0) is 44.4 Å². The van der Waals surface area contributed by atoms with Crippen molar-refractivity contribution >= 4 is 28.8 Å². The monoisotopic (exact) mass is 555 g/mol. The van der Waals surface area contributed by atoms with Crippen LogP contribution in [0, 0.1) is 12.3 Å². The minimum absolute atomic E-state index is 0.0579. The number of amides is 2. The van der Waals surface area contributed by atoms with Gasteiger partial charge >= 0.3 is 6.18 Å². The van der Waals surface area contributed by atoms with E-state index in [4.69, 9.17) is 15.9 Å². The van der Waals surface area contributed by atoms with Crippen molar-refractivity contribution < 1.29 is 32.2 Å². The summed E-state index contributed by atoms with van der Waals surface area (Å²) in [4.78, 5) is 34.5. The number of para-hydroxylation sites is 1. The lowest BCUT2D eigenvalue weighted by Crippen LogP contribution is -2.46. The third kappa shape index (κ3) is 5.16. The van der Waals surface area contributed by atoms with Crippen LogP contribution < -0.4 is 14.4 Å². The number of carbonyl (C=O) groups is 2. The number of hydrogen-bond acceptors (Lipinski definition) is 6. The first-order valence-electron chi connectivity index (χ1n) is 12.2. The van der Waals surface area contributed by atoms with Crippen LogP contribution in [0.15, 0.2) is 47.8 Å². The molecule has 11 heteroatoms. The molecule has 39 heavy (non-hydrogen) atoms. The number of nitrogens with zero attached hydrogens (tertiary/aromatic N) is 3. The van der Waals surface area contributed by atoms with E-state index in [2.05, 4.69) is 10.9 Å². The van der Waals surface area contributed by atoms with Crippen molar-refractivity contribution in [1.82, 2.24) is 9.88 Å². The number of likely N-dealkylation sites (tertiary alicyclic amines) is 1. The van der Waals surface area contributed by atoms with Gasteiger partial charge in [0.15, 0.2) is 5.01 Å². The minimum atomic E-state index is -4.71. The van der Waals surface area contributed by atoms with E-state index < -0.39 is 35.7 Å². The molecule has 0 bridgehead atoms. The van der Waals surface area contributed by atoms with Crippen molar-refractivity contribution in [2.24, 2.45) is 0 Å². The normalized spacial score (nSPS) is 18.6. The summed E-state index contributed by atoms with van der Waals surface area (Å²) in [6, 6.07) is 8.98. The molecule has 5 rings (SSSR count). The van der Waals surface area contributed by atoms with Crippen molar-refractivity contribution in [3.8, 4) is 23.8 Å². The second kappa shape index (κ2) is 10.3. The fourth-order valence-electron chi connectivity index (χ4n) is 4.87. The highest BCUT2D eigenvalue weighted by molar-refractivity contribution is 7.10. The van der Waals surface area contributed by atoms with Gasteiger partial charge in [-0.1, -0.05) is 18.2 Å². The third-order valence-electron chi connectivity index (χ3n) is 6.51. The number of aromatic nitrogens is 1. The zero-order valence-corrected chi connectivity index (χ0v) is 21.9. The van der Waals surface area contributed by atoms with E-state index in [0.29, 0.717) is 5.75 Å². The first-order chi connectivity index (χ1) is 18.6. The van der Waals surface area contributed by atoms with Crippen LogP contribution in [0.2, 0.25) is 0 Å². The number of carbonyl (C=O) groups excluding carboxylic acids is 2. The lowest BCUT2D eigenvalue weighted by Gasteiger charge is -2.30. The Morgan fingerprint density at radius 2 is 2.05 bits per heavy atom. The Balaban J connectivity index is 1.57. The second-order valence-corrected chi connectivity index (χ2v) is 10.3. The number of terminal acetylenes is 1. The van der Waals surface area contributed by atoms with Gasteiger partial charge in [-0.25, -0.2) is 4.98 Å². The van der Waals surface area contributed by atoms with Crippen molar-refractivity contribution in [3.63, 3.8) is 0 Å². The zero-order chi connectivity index (χ0) is 27.9. The van der Waals surface area contributed by atoms with Gasteiger partial charge < -0.3 is 14.4 Å². The van der Waals surface area contributed by atoms with Crippen molar-refractivity contribution in [1.29, 1.82) is 0 Å². The van der Waals surface area contributed by atoms with E-state index in [1.54, 1.807) is 18.7 Å². The lowest BCUT2D eigenvalue weighted by molar-refractivity contribution is -0.137. The number of thiazole rings is 1. The molecule has 0 aliphatic carbocycles. The van der Waals surface area contributed by atoms with Gasteiger partial charge in [-0.3, -0.25) is 14.5 Å². The Morgan fingerprint density at radius 1 is 1.28 bits per heavy atom. The van der Waals surface area contributed by atoms with E-state index in [9.17, 15) is 22.8 Å². The average molecular weight is 556 g/mol. The summed E-state index contributed by atoms with van der Waals surface area (Å²) in [6.45, 7) is 3.90. The maximum absolute atomic E-state index is 13.9. The second-order valence-electron chi connectivity index (χ2n) is 9.44. The molecule has 0 N–H and O–H groups in total. The van der Waals surface area contributed by atoms with Crippen molar-refractivity contribution in [2.75, 3.05) is 18.1 Å². The molecular weight excluding hydrogens is 531 g/mol. The first-order valence-corrected chi connectivity index (χ1v) is 13.1. The van der Waals surface area contributed by atoms with Gasteiger partial charge in [0.25, 0.3) is 5.91 Å². The average Bonchev–Trinajstić information content (AvgIpc) is 3.62. The van der Waals surface area contributed by atoms with Gasteiger partial charge in [0.1, 0.15) is 29.8 Å². The maximum atomic E-state index is 13.9. The standard InChI is InChI=1S/C28H24F3N3O4S/c1-4-25-32-21(15-39-25)26(35)34(18-11-17(28(29,30)31)12-19(13-18)38-16(2)3)22-9-10-33(27(22)36)23-14-37-24-8-6-5-7-20(23)24/h1,5-8,11-13,15-16,22-23H,9-10,14H2,2-3H3. The Hall–Kier alpha value is -4.04. The Morgan fingerprint density at radius 3 is 2.74 bits per heavy atom. The van der Waals surface area contributed by atoms with Gasteiger partial charge in [0, 0.05) is 29.2 Å². The summed E-state index contributed by atoms with van der Waals surface area (Å²) in [6.07, 6.45) is 0.477. The summed E-state index contributed by atoms with van der Waals surface area (Å²) in [5, 5.41) is 1.67. The molecule has 0 spiro atoms. The predicted molar refractivity (Wildman–Crippen MR) is 139 cm³/mol. The molecule has 202 valence electrons. The summed E-state index contributed by atoms with van der Waals surface area (Å²) in [7, 11) is 0. The van der Waals surface area contributed by atoms with Crippen molar-refractivity contribution in [3.05, 3.63) is 69.7 Å². The molecule has 1 fully saturated rings. The lowest BCUT2D eigenvalue weighted by atomic mass is 10.1. The molecular formula is C28H24F3N3O4S. The number of benzene rings is 2. The van der Waals surface area contributed by atoms with E-state index in [0.717, 1.165) is 33.9 Å². The molecule has 0 radical (unpaired) electrons. The maximum Gasteiger partial charge on any atom is 0.416 e. The minimum Gasteiger partial charge on any atom is -0.491 e. The smallest absolute Gasteiger partial charge is 0.416 e. The first kappa shape index (κ1) is 26.6. The van der Waals surface area contributed by atoms with E-state index in [-0.39, 0.29) is 47.8 Å². The molecule has 0 saturated carbocycles. The van der Waals surface area contributed by atoms with E-state index in [1.165, 1.54) is 11.4 Å². The third-order valence-corrected chi connectivity index (χ3v) is 7.28. The molecule has 2 aliphatic heterocycles. The van der Waals surface area contributed by atoms with Crippen LogP contribution in [0.3, 0.4) is 0 Å².